The van der Waals surface area contributed by atoms with Gasteiger partial charge in [-0.15, -0.1) is 0 Å². The van der Waals surface area contributed by atoms with Crippen LogP contribution < -0.4 is 5.32 Å². The Morgan fingerprint density at radius 2 is 1.86 bits per heavy atom. The van der Waals surface area contributed by atoms with E-state index in [0.29, 0.717) is 11.6 Å². The van der Waals surface area contributed by atoms with Crippen LogP contribution in [0.1, 0.15) is 11.1 Å². The molecule has 0 atom stereocenters. The van der Waals surface area contributed by atoms with Crippen molar-refractivity contribution in [3.05, 3.63) is 70.7 Å². The van der Waals surface area contributed by atoms with Gasteiger partial charge in [-0.3, -0.25) is 4.79 Å². The number of rotatable bonds is 6. The molecule has 0 unspecified atom stereocenters. The normalized spacial score (nSPS) is 10.5. The van der Waals surface area contributed by atoms with E-state index in [2.05, 4.69) is 10.5 Å². The van der Waals surface area contributed by atoms with Gasteiger partial charge in [-0.2, -0.15) is 0 Å². The molecule has 0 bridgehead atoms. The number of halogens is 1. The maximum Gasteiger partial charge on any atom is 0.261 e. The van der Waals surface area contributed by atoms with Crippen LogP contribution in [-0.2, 0) is 16.2 Å². The molecule has 108 valence electrons. The SMILES string of the molecule is O=C(CO/N=C\c1ccccc1)NCc1ccccc1Cl. The second kappa shape index (κ2) is 8.07. The summed E-state index contributed by atoms with van der Waals surface area (Å²) in [6.45, 7) is 0.234. The smallest absolute Gasteiger partial charge is 0.261 e. The van der Waals surface area contributed by atoms with E-state index in [1.54, 1.807) is 12.3 Å². The standard InChI is InChI=1S/C16H15ClN2O2/c17-15-9-5-4-8-14(15)11-18-16(20)12-21-19-10-13-6-2-1-3-7-13/h1-10H,11-12H2,(H,18,20)/b19-10-. The number of carbonyl (C=O) groups is 1. The molecule has 1 amide bonds. The van der Waals surface area contributed by atoms with Crippen LogP contribution in [0.5, 0.6) is 0 Å². The van der Waals surface area contributed by atoms with E-state index in [0.717, 1.165) is 11.1 Å². The van der Waals surface area contributed by atoms with Crippen LogP contribution in [0, 0.1) is 0 Å². The van der Waals surface area contributed by atoms with E-state index < -0.39 is 0 Å². The van der Waals surface area contributed by atoms with Crippen molar-refractivity contribution in [3.63, 3.8) is 0 Å². The molecule has 0 radical (unpaired) electrons. The van der Waals surface area contributed by atoms with Crippen molar-refractivity contribution in [3.8, 4) is 0 Å². The lowest BCUT2D eigenvalue weighted by Crippen LogP contribution is -2.26. The van der Waals surface area contributed by atoms with E-state index in [-0.39, 0.29) is 12.5 Å². The summed E-state index contributed by atoms with van der Waals surface area (Å²) in [5.41, 5.74) is 1.77. The van der Waals surface area contributed by atoms with Gasteiger partial charge >= 0.3 is 0 Å². The first-order valence-corrected chi connectivity index (χ1v) is 6.84. The molecule has 1 N–H and O–H groups in total. The van der Waals surface area contributed by atoms with Crippen molar-refractivity contribution < 1.29 is 9.63 Å². The minimum Gasteiger partial charge on any atom is -0.386 e. The topological polar surface area (TPSA) is 50.7 Å². The average Bonchev–Trinajstić information content (AvgIpc) is 2.52. The molecule has 0 saturated carbocycles. The van der Waals surface area contributed by atoms with Crippen molar-refractivity contribution in [1.29, 1.82) is 0 Å². The third kappa shape index (κ3) is 5.28. The van der Waals surface area contributed by atoms with Crippen LogP contribution in [0.25, 0.3) is 0 Å². The number of carbonyl (C=O) groups excluding carboxylic acids is 1. The second-order valence-corrected chi connectivity index (χ2v) is 4.69. The molecule has 5 heteroatoms. The van der Waals surface area contributed by atoms with Crippen molar-refractivity contribution in [2.24, 2.45) is 5.16 Å². The fraction of sp³-hybridized carbons (Fsp3) is 0.125. The van der Waals surface area contributed by atoms with Gasteiger partial charge in [0, 0.05) is 11.6 Å². The molecule has 2 rings (SSSR count). The lowest BCUT2D eigenvalue weighted by atomic mass is 10.2. The van der Waals surface area contributed by atoms with E-state index >= 15 is 0 Å². The van der Waals surface area contributed by atoms with Crippen molar-refractivity contribution in [2.75, 3.05) is 6.61 Å². The first kappa shape index (κ1) is 15.1. The predicted octanol–water partition coefficient (Wildman–Crippen LogP) is 3.01. The fourth-order valence-electron chi connectivity index (χ4n) is 1.62. The lowest BCUT2D eigenvalue weighted by molar-refractivity contribution is -0.125. The van der Waals surface area contributed by atoms with Gasteiger partial charge in [0.25, 0.3) is 5.91 Å². The number of nitrogens with zero attached hydrogens (tertiary/aromatic N) is 1. The molecule has 0 spiro atoms. The van der Waals surface area contributed by atoms with Gasteiger partial charge in [-0.25, -0.2) is 0 Å². The fourth-order valence-corrected chi connectivity index (χ4v) is 1.82. The molecular weight excluding hydrogens is 288 g/mol. The molecule has 0 aromatic heterocycles. The van der Waals surface area contributed by atoms with Crippen molar-refractivity contribution >= 4 is 23.7 Å². The summed E-state index contributed by atoms with van der Waals surface area (Å²) >= 11 is 6.00. The van der Waals surface area contributed by atoms with Crippen molar-refractivity contribution in [1.82, 2.24) is 5.32 Å². The number of hydrogen-bond acceptors (Lipinski definition) is 3. The van der Waals surface area contributed by atoms with Gasteiger partial charge in [0.15, 0.2) is 6.61 Å². The zero-order valence-electron chi connectivity index (χ0n) is 11.3. The molecule has 2 aromatic rings. The van der Waals surface area contributed by atoms with Gasteiger partial charge in [-0.05, 0) is 17.2 Å². The van der Waals surface area contributed by atoms with Gasteiger partial charge in [0.2, 0.25) is 0 Å². The Morgan fingerprint density at radius 3 is 2.62 bits per heavy atom. The van der Waals surface area contributed by atoms with Crippen LogP contribution in [-0.4, -0.2) is 18.7 Å². The van der Waals surface area contributed by atoms with Gasteiger partial charge in [0.1, 0.15) is 0 Å². The summed E-state index contributed by atoms with van der Waals surface area (Å²) in [5.74, 6) is -0.250. The zero-order chi connectivity index (χ0) is 14.9. The maximum atomic E-state index is 11.6. The van der Waals surface area contributed by atoms with Crippen LogP contribution in [0.15, 0.2) is 59.8 Å². The molecule has 0 fully saturated rings. The summed E-state index contributed by atoms with van der Waals surface area (Å²) in [4.78, 5) is 16.5. The number of benzene rings is 2. The van der Waals surface area contributed by atoms with E-state index in [1.165, 1.54) is 0 Å². The highest BCUT2D eigenvalue weighted by Gasteiger charge is 2.03. The van der Waals surface area contributed by atoms with Gasteiger partial charge in [-0.1, -0.05) is 65.3 Å². The molecule has 0 aliphatic carbocycles. The summed E-state index contributed by atoms with van der Waals surface area (Å²) in [7, 11) is 0. The molecule has 0 heterocycles. The molecule has 0 aliphatic rings. The van der Waals surface area contributed by atoms with E-state index in [1.807, 2.05) is 48.5 Å². The Morgan fingerprint density at radius 1 is 1.14 bits per heavy atom. The van der Waals surface area contributed by atoms with E-state index in [4.69, 9.17) is 16.4 Å². The number of oxime groups is 1. The Labute approximate surface area is 128 Å². The molecular formula is C16H15ClN2O2. The second-order valence-electron chi connectivity index (χ2n) is 4.29. The van der Waals surface area contributed by atoms with Gasteiger partial charge < -0.3 is 10.2 Å². The molecule has 0 saturated heterocycles. The zero-order valence-corrected chi connectivity index (χ0v) is 12.1. The third-order valence-electron chi connectivity index (χ3n) is 2.71. The average molecular weight is 303 g/mol. The Kier molecular flexibility index (Phi) is 5.79. The van der Waals surface area contributed by atoms with Crippen LogP contribution in [0.3, 0.4) is 0 Å². The first-order valence-electron chi connectivity index (χ1n) is 6.46. The highest BCUT2D eigenvalue weighted by molar-refractivity contribution is 6.31. The molecule has 0 aliphatic heterocycles. The summed E-state index contributed by atoms with van der Waals surface area (Å²) in [6, 6.07) is 16.9. The Balaban J connectivity index is 1.71. The maximum absolute atomic E-state index is 11.6. The van der Waals surface area contributed by atoms with Gasteiger partial charge in [0.05, 0.1) is 6.21 Å². The van der Waals surface area contributed by atoms with Crippen LogP contribution >= 0.6 is 11.6 Å². The minimum absolute atomic E-state index is 0.131. The van der Waals surface area contributed by atoms with Crippen LogP contribution in [0.4, 0.5) is 0 Å². The summed E-state index contributed by atoms with van der Waals surface area (Å²) in [6.07, 6.45) is 1.56. The minimum atomic E-state index is -0.250. The first-order chi connectivity index (χ1) is 10.3. The highest BCUT2D eigenvalue weighted by atomic mass is 35.5. The lowest BCUT2D eigenvalue weighted by Gasteiger charge is -2.05. The molecule has 4 nitrogen and oxygen atoms in total. The van der Waals surface area contributed by atoms with E-state index in [9.17, 15) is 4.79 Å². The summed E-state index contributed by atoms with van der Waals surface area (Å²) in [5, 5.41) is 7.08. The monoisotopic (exact) mass is 302 g/mol. The number of hydrogen-bond donors (Lipinski definition) is 1. The predicted molar refractivity (Wildman–Crippen MR) is 83.3 cm³/mol. The molecule has 21 heavy (non-hydrogen) atoms. The number of amides is 1. The van der Waals surface area contributed by atoms with Crippen molar-refractivity contribution in [2.45, 2.75) is 6.54 Å². The quantitative estimate of drug-likeness (QED) is 0.659. The third-order valence-corrected chi connectivity index (χ3v) is 3.07. The van der Waals surface area contributed by atoms with Crippen LogP contribution in [0.2, 0.25) is 5.02 Å². The Bertz CT molecular complexity index is 615. The number of nitrogens with one attached hydrogen (secondary N) is 1. The highest BCUT2D eigenvalue weighted by Crippen LogP contribution is 2.14. The summed E-state index contributed by atoms with van der Waals surface area (Å²) < 4.78 is 0. The molecule has 2 aromatic carbocycles. The Hall–Kier alpha value is -2.33. The largest absolute Gasteiger partial charge is 0.386 e.